The Balaban J connectivity index is 1.35. The SMILES string of the molecule is Cc1ccccc1C(=O)Oc1ccc(N2C(=O)[C@H]3[C@H]4CC[C@@H](C4)[C@@H]3C2=O)cc1. The first-order valence-electron chi connectivity index (χ1n) is 9.80. The molecule has 2 amide bonds. The number of nitrogens with zero attached hydrogens (tertiary/aromatic N) is 1. The van der Waals surface area contributed by atoms with Crippen molar-refractivity contribution in [1.82, 2.24) is 0 Å². The minimum Gasteiger partial charge on any atom is -0.423 e. The van der Waals surface area contributed by atoms with Gasteiger partial charge in [-0.1, -0.05) is 18.2 Å². The topological polar surface area (TPSA) is 63.7 Å². The number of benzene rings is 2. The lowest BCUT2D eigenvalue weighted by Crippen LogP contribution is -2.32. The summed E-state index contributed by atoms with van der Waals surface area (Å²) < 4.78 is 5.44. The molecule has 5 rings (SSSR count). The molecule has 5 nitrogen and oxygen atoms in total. The van der Waals surface area contributed by atoms with Crippen molar-refractivity contribution in [2.75, 3.05) is 4.90 Å². The van der Waals surface area contributed by atoms with E-state index in [1.807, 2.05) is 19.1 Å². The summed E-state index contributed by atoms with van der Waals surface area (Å²) in [6.45, 7) is 1.86. The summed E-state index contributed by atoms with van der Waals surface area (Å²) in [6.07, 6.45) is 3.15. The maximum atomic E-state index is 12.9. The Morgan fingerprint density at radius 1 is 0.929 bits per heavy atom. The van der Waals surface area contributed by atoms with Crippen LogP contribution < -0.4 is 9.64 Å². The molecule has 3 fully saturated rings. The average Bonchev–Trinajstić information content (AvgIpc) is 3.37. The molecule has 4 atom stereocenters. The molecule has 5 heteroatoms. The number of fused-ring (bicyclic) bond motifs is 5. The first kappa shape index (κ1) is 17.2. The van der Waals surface area contributed by atoms with Crippen molar-refractivity contribution in [1.29, 1.82) is 0 Å². The molecule has 2 aromatic carbocycles. The molecule has 3 aliphatic rings. The first-order valence-corrected chi connectivity index (χ1v) is 9.80. The number of hydrogen-bond donors (Lipinski definition) is 0. The molecule has 2 saturated carbocycles. The van der Waals surface area contributed by atoms with Crippen LogP contribution in [0.2, 0.25) is 0 Å². The summed E-state index contributed by atoms with van der Waals surface area (Å²) in [7, 11) is 0. The molecule has 0 spiro atoms. The van der Waals surface area contributed by atoms with Crippen LogP contribution in [-0.2, 0) is 9.59 Å². The van der Waals surface area contributed by atoms with Gasteiger partial charge in [-0.15, -0.1) is 0 Å². The number of hydrogen-bond acceptors (Lipinski definition) is 4. The maximum absolute atomic E-state index is 12.9. The predicted octanol–water partition coefficient (Wildman–Crippen LogP) is 3.75. The number of carbonyl (C=O) groups excluding carboxylic acids is 3. The third-order valence-corrected chi connectivity index (χ3v) is 6.60. The fourth-order valence-electron chi connectivity index (χ4n) is 5.29. The summed E-state index contributed by atoms with van der Waals surface area (Å²) in [6, 6.07) is 13.9. The lowest BCUT2D eigenvalue weighted by Gasteiger charge is -2.19. The quantitative estimate of drug-likeness (QED) is 0.466. The standard InChI is InChI=1S/C23H21NO4/c1-13-4-2-3-5-18(13)23(27)28-17-10-8-16(9-11-17)24-21(25)19-14-6-7-15(12-14)20(19)22(24)26/h2-5,8-11,14-15,19-20H,6-7,12H2,1H3/t14-,15-,19-,20-/m0/s1. The fraction of sp³-hybridized carbons (Fsp3) is 0.348. The van der Waals surface area contributed by atoms with E-state index in [0.717, 1.165) is 24.8 Å². The molecule has 0 radical (unpaired) electrons. The predicted molar refractivity (Wildman–Crippen MR) is 103 cm³/mol. The molecule has 2 aromatic rings. The Bertz CT molecular complexity index is 952. The van der Waals surface area contributed by atoms with Crippen LogP contribution in [0.3, 0.4) is 0 Å². The van der Waals surface area contributed by atoms with Gasteiger partial charge in [0, 0.05) is 0 Å². The number of esters is 1. The number of rotatable bonds is 3. The molecule has 0 unspecified atom stereocenters. The molecular weight excluding hydrogens is 354 g/mol. The van der Waals surface area contributed by atoms with Crippen molar-refractivity contribution in [3.63, 3.8) is 0 Å². The Morgan fingerprint density at radius 2 is 1.54 bits per heavy atom. The van der Waals surface area contributed by atoms with Crippen molar-refractivity contribution in [2.24, 2.45) is 23.7 Å². The second-order valence-corrected chi connectivity index (χ2v) is 8.10. The number of anilines is 1. The van der Waals surface area contributed by atoms with E-state index in [1.165, 1.54) is 4.90 Å². The van der Waals surface area contributed by atoms with Crippen LogP contribution in [0.1, 0.15) is 35.2 Å². The van der Waals surface area contributed by atoms with Gasteiger partial charge in [-0.3, -0.25) is 14.5 Å². The molecule has 1 aliphatic heterocycles. The molecule has 0 N–H and O–H groups in total. The van der Waals surface area contributed by atoms with Crippen LogP contribution in [0.5, 0.6) is 5.75 Å². The van der Waals surface area contributed by atoms with E-state index in [0.29, 0.717) is 28.8 Å². The van der Waals surface area contributed by atoms with E-state index in [1.54, 1.807) is 36.4 Å². The Hall–Kier alpha value is -2.95. The average molecular weight is 375 g/mol. The van der Waals surface area contributed by atoms with Gasteiger partial charge in [0.05, 0.1) is 23.1 Å². The van der Waals surface area contributed by atoms with Crippen LogP contribution >= 0.6 is 0 Å². The molecular formula is C23H21NO4. The van der Waals surface area contributed by atoms with Crippen molar-refractivity contribution >= 4 is 23.5 Å². The second-order valence-electron chi connectivity index (χ2n) is 8.10. The molecule has 142 valence electrons. The minimum atomic E-state index is -0.426. The lowest BCUT2D eigenvalue weighted by atomic mass is 9.81. The molecule has 2 aliphatic carbocycles. The third kappa shape index (κ3) is 2.49. The molecule has 28 heavy (non-hydrogen) atoms. The summed E-state index contributed by atoms with van der Waals surface area (Å²) in [5.41, 5.74) is 1.91. The number of ether oxygens (including phenoxy) is 1. The zero-order valence-corrected chi connectivity index (χ0v) is 15.6. The molecule has 1 saturated heterocycles. The van der Waals surface area contributed by atoms with E-state index in [4.69, 9.17) is 4.74 Å². The summed E-state index contributed by atoms with van der Waals surface area (Å²) >= 11 is 0. The monoisotopic (exact) mass is 375 g/mol. The van der Waals surface area contributed by atoms with E-state index < -0.39 is 5.97 Å². The smallest absolute Gasteiger partial charge is 0.343 e. The van der Waals surface area contributed by atoms with Crippen molar-refractivity contribution in [2.45, 2.75) is 26.2 Å². The van der Waals surface area contributed by atoms with Gasteiger partial charge in [-0.2, -0.15) is 0 Å². The summed E-state index contributed by atoms with van der Waals surface area (Å²) in [5, 5.41) is 0. The Labute approximate surface area is 163 Å². The highest BCUT2D eigenvalue weighted by Gasteiger charge is 2.61. The highest BCUT2D eigenvalue weighted by molar-refractivity contribution is 6.22. The zero-order chi connectivity index (χ0) is 19.4. The number of aryl methyl sites for hydroxylation is 1. The van der Waals surface area contributed by atoms with Crippen molar-refractivity contribution < 1.29 is 19.1 Å². The van der Waals surface area contributed by atoms with Gasteiger partial charge in [0.25, 0.3) is 0 Å². The first-order chi connectivity index (χ1) is 13.5. The normalized spacial score (nSPS) is 28.0. The van der Waals surface area contributed by atoms with Gasteiger partial charge in [0.1, 0.15) is 5.75 Å². The third-order valence-electron chi connectivity index (χ3n) is 6.60. The van der Waals surface area contributed by atoms with Crippen LogP contribution in [-0.4, -0.2) is 17.8 Å². The highest BCUT2D eigenvalue weighted by atomic mass is 16.5. The van der Waals surface area contributed by atoms with Gasteiger partial charge in [-0.05, 0) is 73.9 Å². The Morgan fingerprint density at radius 3 is 2.14 bits per heavy atom. The largest absolute Gasteiger partial charge is 0.423 e. The van der Waals surface area contributed by atoms with Crippen LogP contribution in [0, 0.1) is 30.6 Å². The Kier molecular flexibility index (Phi) is 3.86. The minimum absolute atomic E-state index is 0.0631. The second kappa shape index (κ2) is 6.30. The van der Waals surface area contributed by atoms with Crippen molar-refractivity contribution in [3.05, 3.63) is 59.7 Å². The van der Waals surface area contributed by atoms with Gasteiger partial charge in [0.15, 0.2) is 0 Å². The summed E-state index contributed by atoms with van der Waals surface area (Å²) in [4.78, 5) is 39.5. The van der Waals surface area contributed by atoms with E-state index in [2.05, 4.69) is 0 Å². The van der Waals surface area contributed by atoms with Gasteiger partial charge >= 0.3 is 5.97 Å². The highest BCUT2D eigenvalue weighted by Crippen LogP contribution is 2.56. The maximum Gasteiger partial charge on any atom is 0.343 e. The lowest BCUT2D eigenvalue weighted by molar-refractivity contribution is -0.123. The fourth-order valence-corrected chi connectivity index (χ4v) is 5.29. The van der Waals surface area contributed by atoms with Gasteiger partial charge in [0.2, 0.25) is 11.8 Å². The van der Waals surface area contributed by atoms with E-state index in [9.17, 15) is 14.4 Å². The molecule has 0 aromatic heterocycles. The van der Waals surface area contributed by atoms with E-state index >= 15 is 0 Å². The van der Waals surface area contributed by atoms with Crippen molar-refractivity contribution in [3.8, 4) is 5.75 Å². The van der Waals surface area contributed by atoms with Gasteiger partial charge in [-0.25, -0.2) is 4.79 Å². The molecule has 2 bridgehead atoms. The summed E-state index contributed by atoms with van der Waals surface area (Å²) in [5.74, 6) is 0.298. The zero-order valence-electron chi connectivity index (χ0n) is 15.6. The number of amides is 2. The van der Waals surface area contributed by atoms with Crippen LogP contribution in [0.15, 0.2) is 48.5 Å². The number of imide groups is 1. The van der Waals surface area contributed by atoms with Gasteiger partial charge < -0.3 is 4.74 Å². The number of carbonyl (C=O) groups is 3. The molecule has 1 heterocycles. The van der Waals surface area contributed by atoms with Crippen LogP contribution in [0.4, 0.5) is 5.69 Å². The van der Waals surface area contributed by atoms with E-state index in [-0.39, 0.29) is 23.7 Å². The van der Waals surface area contributed by atoms with Crippen LogP contribution in [0.25, 0.3) is 0 Å².